The number of carbonyl (C=O) groups is 1. The van der Waals surface area contributed by atoms with Crippen molar-refractivity contribution in [1.29, 1.82) is 5.26 Å². The molecule has 8 nitrogen and oxygen atoms in total. The fraction of sp³-hybridized carbons (Fsp3) is 0.417. The van der Waals surface area contributed by atoms with Crippen molar-refractivity contribution in [2.45, 2.75) is 39.2 Å². The highest BCUT2D eigenvalue weighted by molar-refractivity contribution is 5.85. The Balaban J connectivity index is 1.50. The molecule has 1 aliphatic rings. The summed E-state index contributed by atoms with van der Waals surface area (Å²) in [5, 5.41) is 22.5. The van der Waals surface area contributed by atoms with Crippen LogP contribution in [0.5, 0.6) is 0 Å². The zero-order chi connectivity index (χ0) is 23.4. The van der Waals surface area contributed by atoms with Gasteiger partial charge in [0.2, 0.25) is 0 Å². The van der Waals surface area contributed by atoms with E-state index in [9.17, 15) is 14.4 Å². The Hall–Kier alpha value is -3.51. The molecule has 1 aromatic carbocycles. The fourth-order valence-corrected chi connectivity index (χ4v) is 4.32. The molecule has 0 amide bonds. The highest BCUT2D eigenvalue weighted by Gasteiger charge is 2.23. The highest BCUT2D eigenvalue weighted by Crippen LogP contribution is 2.29. The van der Waals surface area contributed by atoms with Gasteiger partial charge in [0.05, 0.1) is 18.7 Å². The number of carbonyl (C=O) groups excluding carboxylic acids is 1. The smallest absolute Gasteiger partial charge is 0.307 e. The molecule has 2 N–H and O–H groups in total. The molecular weight excluding hydrogens is 423 g/mol. The monoisotopic (exact) mass is 450 g/mol. The zero-order valence-electron chi connectivity index (χ0n) is 18.8. The molecule has 2 aromatic heterocycles. The molecule has 0 saturated carbocycles. The molecule has 0 spiro atoms. The number of nitriles is 1. The van der Waals surface area contributed by atoms with Crippen molar-refractivity contribution in [3.63, 3.8) is 0 Å². The molecular formula is C24H27FN6O2. The van der Waals surface area contributed by atoms with Gasteiger partial charge in [-0.3, -0.25) is 4.79 Å². The minimum atomic E-state index is -0.305. The number of hydrogen-bond donors (Lipinski definition) is 2. The standard InChI is InChI=1S/C24H27FN6O2/c1-3-33-22(32)8-10-31-9-4-5-17(14-31)28-24-19(12-26)15(2)23(29-30-24)16-6-7-18-20(25)13-27-21(18)11-16/h6-7,11,13,17,27H,3-5,8-10,14H2,1-2H3,(H,28,30)/t17-/m1/s1. The first-order chi connectivity index (χ1) is 16.0. The van der Waals surface area contributed by atoms with E-state index in [4.69, 9.17) is 4.74 Å². The van der Waals surface area contributed by atoms with E-state index in [1.54, 1.807) is 19.1 Å². The average molecular weight is 451 g/mol. The molecule has 3 aromatic rings. The van der Waals surface area contributed by atoms with Crippen molar-refractivity contribution in [2.75, 3.05) is 31.6 Å². The van der Waals surface area contributed by atoms with Gasteiger partial charge in [0.1, 0.15) is 17.4 Å². The quantitative estimate of drug-likeness (QED) is 0.528. The molecule has 0 unspecified atom stereocenters. The number of halogens is 1. The number of anilines is 1. The summed E-state index contributed by atoms with van der Waals surface area (Å²) in [4.78, 5) is 16.8. The first kappa shape index (κ1) is 22.7. The predicted molar refractivity (Wildman–Crippen MR) is 123 cm³/mol. The van der Waals surface area contributed by atoms with Gasteiger partial charge in [-0.15, -0.1) is 10.2 Å². The maximum Gasteiger partial charge on any atom is 0.307 e. The molecule has 0 bridgehead atoms. The number of esters is 1. The summed E-state index contributed by atoms with van der Waals surface area (Å²) in [7, 11) is 0. The van der Waals surface area contributed by atoms with Crippen LogP contribution >= 0.6 is 0 Å². The predicted octanol–water partition coefficient (Wildman–Crippen LogP) is 3.77. The lowest BCUT2D eigenvalue weighted by Gasteiger charge is -2.33. The molecule has 1 saturated heterocycles. The van der Waals surface area contributed by atoms with Crippen molar-refractivity contribution in [1.82, 2.24) is 20.1 Å². The molecule has 4 rings (SSSR count). The fourth-order valence-electron chi connectivity index (χ4n) is 4.32. The maximum atomic E-state index is 13.8. The molecule has 9 heteroatoms. The van der Waals surface area contributed by atoms with Crippen LogP contribution in [0, 0.1) is 24.1 Å². The number of likely N-dealkylation sites (tertiary alicyclic amines) is 1. The van der Waals surface area contributed by atoms with E-state index in [-0.39, 0.29) is 17.8 Å². The Bertz CT molecular complexity index is 1200. The number of aromatic amines is 1. The lowest BCUT2D eigenvalue weighted by Crippen LogP contribution is -2.43. The van der Waals surface area contributed by atoms with Crippen LogP contribution in [0.1, 0.15) is 37.3 Å². The van der Waals surface area contributed by atoms with Gasteiger partial charge < -0.3 is 19.9 Å². The van der Waals surface area contributed by atoms with Crippen LogP contribution in [0.25, 0.3) is 22.2 Å². The Morgan fingerprint density at radius 3 is 3.06 bits per heavy atom. The molecule has 1 fully saturated rings. The summed E-state index contributed by atoms with van der Waals surface area (Å²) in [6.07, 6.45) is 3.62. The van der Waals surface area contributed by atoms with Crippen LogP contribution < -0.4 is 5.32 Å². The summed E-state index contributed by atoms with van der Waals surface area (Å²) >= 11 is 0. The van der Waals surface area contributed by atoms with Crippen LogP contribution in [-0.4, -0.2) is 58.3 Å². The highest BCUT2D eigenvalue weighted by atomic mass is 19.1. The van der Waals surface area contributed by atoms with E-state index in [1.165, 1.54) is 6.20 Å². The second kappa shape index (κ2) is 9.96. The number of piperidine rings is 1. The van der Waals surface area contributed by atoms with Gasteiger partial charge in [-0.2, -0.15) is 5.26 Å². The molecule has 0 aliphatic carbocycles. The van der Waals surface area contributed by atoms with E-state index in [1.807, 2.05) is 13.0 Å². The first-order valence-corrected chi connectivity index (χ1v) is 11.2. The van der Waals surface area contributed by atoms with Crippen molar-refractivity contribution in [2.24, 2.45) is 0 Å². The van der Waals surface area contributed by atoms with Crippen molar-refractivity contribution >= 4 is 22.7 Å². The molecule has 1 atom stereocenters. The number of fused-ring (bicyclic) bond motifs is 1. The van der Waals surface area contributed by atoms with Crippen molar-refractivity contribution in [3.8, 4) is 17.3 Å². The second-order valence-electron chi connectivity index (χ2n) is 8.25. The van der Waals surface area contributed by atoms with Crippen molar-refractivity contribution in [3.05, 3.63) is 41.3 Å². The molecule has 1 aliphatic heterocycles. The molecule has 3 heterocycles. The van der Waals surface area contributed by atoms with Gasteiger partial charge in [0.25, 0.3) is 0 Å². The summed E-state index contributed by atoms with van der Waals surface area (Å²) in [6.45, 7) is 6.37. The number of rotatable bonds is 7. The number of nitrogens with one attached hydrogen (secondary N) is 2. The van der Waals surface area contributed by atoms with Crippen LogP contribution in [0.15, 0.2) is 24.4 Å². The van der Waals surface area contributed by atoms with E-state index in [0.29, 0.717) is 47.6 Å². The zero-order valence-corrected chi connectivity index (χ0v) is 18.8. The van der Waals surface area contributed by atoms with E-state index in [0.717, 1.165) is 37.1 Å². The number of ether oxygens (including phenoxy) is 1. The third-order valence-corrected chi connectivity index (χ3v) is 6.02. The van der Waals surface area contributed by atoms with E-state index < -0.39 is 0 Å². The number of nitrogens with zero attached hydrogens (tertiary/aromatic N) is 4. The summed E-state index contributed by atoms with van der Waals surface area (Å²) < 4.78 is 18.8. The normalized spacial score (nSPS) is 16.5. The lowest BCUT2D eigenvalue weighted by molar-refractivity contribution is -0.143. The lowest BCUT2D eigenvalue weighted by atomic mass is 10.0. The average Bonchev–Trinajstić information content (AvgIpc) is 3.18. The van der Waals surface area contributed by atoms with E-state index >= 15 is 0 Å². The number of aromatic nitrogens is 3. The van der Waals surface area contributed by atoms with Gasteiger partial charge in [0.15, 0.2) is 5.82 Å². The van der Waals surface area contributed by atoms with E-state index in [2.05, 4.69) is 31.5 Å². The first-order valence-electron chi connectivity index (χ1n) is 11.2. The van der Waals surface area contributed by atoms with Gasteiger partial charge in [-0.1, -0.05) is 6.07 Å². The largest absolute Gasteiger partial charge is 0.466 e. The maximum absolute atomic E-state index is 13.8. The third-order valence-electron chi connectivity index (χ3n) is 6.02. The number of H-pyrrole nitrogens is 1. The van der Waals surface area contributed by atoms with Crippen LogP contribution in [0.4, 0.5) is 10.2 Å². The van der Waals surface area contributed by atoms with Gasteiger partial charge in [0, 0.05) is 41.8 Å². The SMILES string of the molecule is CCOC(=O)CCN1CCC[C@@H](Nc2nnc(-c3ccc4c(F)c[nH]c4c3)c(C)c2C#N)C1. The summed E-state index contributed by atoms with van der Waals surface area (Å²) in [5.41, 5.74) is 3.18. The van der Waals surface area contributed by atoms with Gasteiger partial charge in [-0.25, -0.2) is 4.39 Å². The molecule has 0 radical (unpaired) electrons. The minimum absolute atomic E-state index is 0.103. The third kappa shape index (κ3) is 4.96. The van der Waals surface area contributed by atoms with Crippen molar-refractivity contribution < 1.29 is 13.9 Å². The molecule has 33 heavy (non-hydrogen) atoms. The Morgan fingerprint density at radius 2 is 2.27 bits per heavy atom. The topological polar surface area (TPSA) is 107 Å². The van der Waals surface area contributed by atoms with Gasteiger partial charge >= 0.3 is 5.97 Å². The van der Waals surface area contributed by atoms with Gasteiger partial charge in [-0.05, 0) is 50.9 Å². The minimum Gasteiger partial charge on any atom is -0.466 e. The number of benzene rings is 1. The Kier molecular flexibility index (Phi) is 6.84. The van der Waals surface area contributed by atoms with Crippen LogP contribution in [0.2, 0.25) is 0 Å². The Morgan fingerprint density at radius 1 is 1.42 bits per heavy atom. The molecule has 172 valence electrons. The van der Waals surface area contributed by atoms with Crippen LogP contribution in [0.3, 0.4) is 0 Å². The number of hydrogen-bond acceptors (Lipinski definition) is 7. The Labute approximate surface area is 191 Å². The second-order valence-corrected chi connectivity index (χ2v) is 8.25. The summed E-state index contributed by atoms with van der Waals surface area (Å²) in [6, 6.07) is 7.66. The summed E-state index contributed by atoms with van der Waals surface area (Å²) in [5.74, 6) is -0.0277. The van der Waals surface area contributed by atoms with Crippen LogP contribution in [-0.2, 0) is 9.53 Å².